The fourth-order valence-corrected chi connectivity index (χ4v) is 8.37. The minimum Gasteiger partial charge on any atom is -0.361 e. The second-order valence-corrected chi connectivity index (χ2v) is 13.2. The molecule has 6 aromatic carbocycles. The largest absolute Gasteiger partial charge is 0.361 e. The van der Waals surface area contributed by atoms with Crippen molar-refractivity contribution in [2.75, 3.05) is 5.32 Å². The van der Waals surface area contributed by atoms with E-state index < -0.39 is 0 Å². The van der Waals surface area contributed by atoms with E-state index in [4.69, 9.17) is 5.41 Å². The third-order valence-corrected chi connectivity index (χ3v) is 10.5. The zero-order valence-electron chi connectivity index (χ0n) is 28.0. The van der Waals surface area contributed by atoms with Crippen molar-refractivity contribution in [3.63, 3.8) is 0 Å². The van der Waals surface area contributed by atoms with Crippen LogP contribution in [0.5, 0.6) is 0 Å². The van der Waals surface area contributed by atoms with Gasteiger partial charge >= 0.3 is 0 Å². The van der Waals surface area contributed by atoms with Crippen molar-refractivity contribution in [3.8, 4) is 11.1 Å². The quantitative estimate of drug-likeness (QED) is 0.0917. The molecule has 0 aliphatic heterocycles. The van der Waals surface area contributed by atoms with Gasteiger partial charge in [-0.05, 0) is 81.5 Å². The van der Waals surface area contributed by atoms with Crippen molar-refractivity contribution >= 4 is 17.0 Å². The molecule has 0 aromatic heterocycles. The van der Waals surface area contributed by atoms with Crippen molar-refractivity contribution < 1.29 is 0 Å². The topological polar surface area (TPSA) is 35.9 Å². The van der Waals surface area contributed by atoms with Gasteiger partial charge in [-0.2, -0.15) is 0 Å². The molecule has 8 rings (SSSR count). The van der Waals surface area contributed by atoms with Gasteiger partial charge in [0.15, 0.2) is 0 Å². The maximum atomic E-state index is 8.88. The zero-order chi connectivity index (χ0) is 33.8. The summed E-state index contributed by atoms with van der Waals surface area (Å²) in [7, 11) is 0. The number of nitrogens with one attached hydrogen (secondary N) is 2. The van der Waals surface area contributed by atoms with Crippen LogP contribution in [-0.2, 0) is 5.41 Å². The normalized spacial score (nSPS) is 19.6. The summed E-state index contributed by atoms with van der Waals surface area (Å²) in [4.78, 5) is 0. The number of fused-ring (bicyclic) bond motifs is 3. The molecule has 3 unspecified atom stereocenters. The molecule has 2 nitrogen and oxygen atoms in total. The van der Waals surface area contributed by atoms with Crippen LogP contribution < -0.4 is 5.32 Å². The van der Waals surface area contributed by atoms with Crippen molar-refractivity contribution in [1.29, 1.82) is 5.41 Å². The minimum atomic E-state index is -0.369. The zero-order valence-corrected chi connectivity index (χ0v) is 28.0. The van der Waals surface area contributed by atoms with E-state index in [-0.39, 0.29) is 5.41 Å². The lowest BCUT2D eigenvalue weighted by atomic mass is 9.61. The summed E-state index contributed by atoms with van der Waals surface area (Å²) in [5.74, 6) is 0.746. The Morgan fingerprint density at radius 1 is 0.640 bits per heavy atom. The Morgan fingerprint density at radius 2 is 1.26 bits per heavy atom. The van der Waals surface area contributed by atoms with Crippen molar-refractivity contribution in [2.24, 2.45) is 5.92 Å². The van der Waals surface area contributed by atoms with Crippen LogP contribution >= 0.6 is 0 Å². The van der Waals surface area contributed by atoms with Crippen LogP contribution in [0.1, 0.15) is 52.1 Å². The maximum Gasteiger partial charge on any atom is 0.0618 e. The predicted molar refractivity (Wildman–Crippen MR) is 210 cm³/mol. The number of anilines is 1. The van der Waals surface area contributed by atoms with Crippen LogP contribution in [0.3, 0.4) is 0 Å². The summed E-state index contributed by atoms with van der Waals surface area (Å²) < 4.78 is 0. The Kier molecular flexibility index (Phi) is 8.67. The van der Waals surface area contributed by atoms with Crippen LogP contribution in [0.4, 0.5) is 5.69 Å². The van der Waals surface area contributed by atoms with Gasteiger partial charge < -0.3 is 10.7 Å². The summed E-state index contributed by atoms with van der Waals surface area (Å²) in [6, 6.07) is 58.2. The SMILES string of the molecule is N=C(/C=C(\C=C\Nc1cccc(C2(c3ccccc3)c3ccccc3C3CCC=CC32)c1-c1ccccc1)c1ccccc1)c1ccccc1. The smallest absolute Gasteiger partial charge is 0.0618 e. The van der Waals surface area contributed by atoms with E-state index in [0.29, 0.717) is 17.5 Å². The monoisotopic (exact) mass is 644 g/mol. The van der Waals surface area contributed by atoms with Crippen LogP contribution in [0.15, 0.2) is 194 Å². The maximum absolute atomic E-state index is 8.88. The van der Waals surface area contributed by atoms with E-state index in [1.54, 1.807) is 0 Å². The Morgan fingerprint density at radius 3 is 2.00 bits per heavy atom. The standard InChI is InChI=1S/C48H40N2/c49-45(36-20-7-2-8-21-36)34-38(35-18-5-1-6-19-35)32-33-50-46-31-17-30-44(47(46)37-22-9-3-10-23-37)48(39-24-11-4-12-25-39)42-28-15-13-26-40(42)41-27-14-16-29-43(41)48/h1-13,15-26,28-34,41,43,49-50H,14,27H2/b33-32+,38-34+,49-45?. The summed E-state index contributed by atoms with van der Waals surface area (Å²) in [5, 5.41) is 12.6. The van der Waals surface area contributed by atoms with E-state index in [1.807, 2.05) is 60.8 Å². The Bertz CT molecular complexity index is 2200. The van der Waals surface area contributed by atoms with Crippen LogP contribution in [-0.4, -0.2) is 5.71 Å². The molecule has 0 saturated carbocycles. The van der Waals surface area contributed by atoms with Gasteiger partial charge in [0.05, 0.1) is 11.1 Å². The molecule has 0 fully saturated rings. The first-order chi connectivity index (χ1) is 24.7. The highest BCUT2D eigenvalue weighted by Gasteiger charge is 2.54. The second kappa shape index (κ2) is 13.9. The fourth-order valence-electron chi connectivity index (χ4n) is 8.37. The molecule has 0 bridgehead atoms. The van der Waals surface area contributed by atoms with Crippen molar-refractivity contribution in [3.05, 3.63) is 228 Å². The lowest BCUT2D eigenvalue weighted by molar-refractivity contribution is 0.394. The highest BCUT2D eigenvalue weighted by atomic mass is 14.8. The highest BCUT2D eigenvalue weighted by molar-refractivity contribution is 6.11. The number of hydrogen-bond acceptors (Lipinski definition) is 2. The molecule has 3 atom stereocenters. The molecule has 6 aromatic rings. The summed E-state index contributed by atoms with van der Waals surface area (Å²) in [6.45, 7) is 0. The minimum absolute atomic E-state index is 0.293. The molecule has 2 N–H and O–H groups in total. The van der Waals surface area contributed by atoms with E-state index in [9.17, 15) is 0 Å². The number of rotatable bonds is 9. The first kappa shape index (κ1) is 31.3. The van der Waals surface area contributed by atoms with Gasteiger partial charge in [0.1, 0.15) is 0 Å². The number of benzene rings is 6. The predicted octanol–water partition coefficient (Wildman–Crippen LogP) is 11.8. The lowest BCUT2D eigenvalue weighted by Crippen LogP contribution is -2.36. The van der Waals surface area contributed by atoms with Crippen LogP contribution in [0.2, 0.25) is 0 Å². The third-order valence-electron chi connectivity index (χ3n) is 10.5. The molecule has 2 aliphatic rings. The Balaban J connectivity index is 1.30. The van der Waals surface area contributed by atoms with Crippen LogP contribution in [0, 0.1) is 11.3 Å². The molecule has 0 spiro atoms. The van der Waals surface area contributed by atoms with Gasteiger partial charge in [-0.1, -0.05) is 170 Å². The van der Waals surface area contributed by atoms with Gasteiger partial charge in [-0.3, -0.25) is 0 Å². The van der Waals surface area contributed by atoms with Crippen molar-refractivity contribution in [2.45, 2.75) is 24.2 Å². The van der Waals surface area contributed by atoms with Gasteiger partial charge in [0, 0.05) is 23.4 Å². The number of allylic oxidation sites excluding steroid dienone is 5. The lowest BCUT2D eigenvalue weighted by Gasteiger charge is -2.41. The average molecular weight is 645 g/mol. The molecule has 242 valence electrons. The summed E-state index contributed by atoms with van der Waals surface area (Å²) in [5.41, 5.74) is 12.0. The van der Waals surface area contributed by atoms with E-state index in [2.05, 4.69) is 139 Å². The summed E-state index contributed by atoms with van der Waals surface area (Å²) >= 11 is 0. The molecule has 2 aliphatic carbocycles. The van der Waals surface area contributed by atoms with Gasteiger partial charge in [0.2, 0.25) is 0 Å². The fraction of sp³-hybridized carbons (Fsp3) is 0.104. The molecule has 2 heteroatoms. The third kappa shape index (κ3) is 5.63. The molecule has 0 amide bonds. The molecule has 0 saturated heterocycles. The van der Waals surface area contributed by atoms with E-state index in [0.717, 1.165) is 35.2 Å². The highest BCUT2D eigenvalue weighted by Crippen LogP contribution is 2.62. The first-order valence-corrected chi connectivity index (χ1v) is 17.6. The molecular formula is C48H40N2. The first-order valence-electron chi connectivity index (χ1n) is 17.6. The van der Waals surface area contributed by atoms with Gasteiger partial charge in [-0.15, -0.1) is 0 Å². The van der Waals surface area contributed by atoms with Crippen LogP contribution in [0.25, 0.3) is 16.7 Å². The molecule has 50 heavy (non-hydrogen) atoms. The molecular weight excluding hydrogens is 605 g/mol. The summed E-state index contributed by atoms with van der Waals surface area (Å²) in [6.07, 6.45) is 13.2. The molecule has 0 heterocycles. The Labute approximate surface area is 295 Å². The number of hydrogen-bond donors (Lipinski definition) is 2. The molecule has 0 radical (unpaired) electrons. The van der Waals surface area contributed by atoms with Gasteiger partial charge in [0.25, 0.3) is 0 Å². The Hall–Kier alpha value is -5.99. The van der Waals surface area contributed by atoms with E-state index in [1.165, 1.54) is 33.4 Å². The average Bonchev–Trinajstić information content (AvgIpc) is 3.50. The second-order valence-electron chi connectivity index (χ2n) is 13.2. The van der Waals surface area contributed by atoms with Crippen molar-refractivity contribution in [1.82, 2.24) is 0 Å². The van der Waals surface area contributed by atoms with E-state index >= 15 is 0 Å². The van der Waals surface area contributed by atoms with Gasteiger partial charge in [-0.25, -0.2) is 0 Å².